The maximum atomic E-state index is 11.9. The Labute approximate surface area is 113 Å². The minimum absolute atomic E-state index is 0.174. The number of hydrogen-bond donors (Lipinski definition) is 0. The lowest BCUT2D eigenvalue weighted by Gasteiger charge is -2.22. The Bertz CT molecular complexity index is 436. The Morgan fingerprint density at radius 2 is 2.37 bits per heavy atom. The molecule has 2 heterocycles. The predicted octanol–water partition coefficient (Wildman–Crippen LogP) is 1.75. The van der Waals surface area contributed by atoms with Crippen molar-refractivity contribution in [3.63, 3.8) is 0 Å². The molecule has 0 bridgehead atoms. The number of esters is 1. The quantitative estimate of drug-likeness (QED) is 0.777. The molecule has 0 spiro atoms. The van der Waals surface area contributed by atoms with Gasteiger partial charge in [0.25, 0.3) is 0 Å². The summed E-state index contributed by atoms with van der Waals surface area (Å²) in [6.45, 7) is 7.67. The van der Waals surface area contributed by atoms with Crippen molar-refractivity contribution in [1.29, 1.82) is 0 Å². The van der Waals surface area contributed by atoms with Gasteiger partial charge >= 0.3 is 5.97 Å². The van der Waals surface area contributed by atoms with Gasteiger partial charge in [-0.1, -0.05) is 19.1 Å². The van der Waals surface area contributed by atoms with Gasteiger partial charge in [0.15, 0.2) is 5.69 Å². The number of rotatable bonds is 4. The molecule has 2 rings (SSSR count). The summed E-state index contributed by atoms with van der Waals surface area (Å²) >= 11 is 0. The molecule has 19 heavy (non-hydrogen) atoms. The summed E-state index contributed by atoms with van der Waals surface area (Å²) in [7, 11) is 0. The number of ether oxygens (including phenoxy) is 2. The zero-order chi connectivity index (χ0) is 13.8. The van der Waals surface area contributed by atoms with Crippen molar-refractivity contribution in [3.05, 3.63) is 11.4 Å². The van der Waals surface area contributed by atoms with Crippen molar-refractivity contribution in [2.75, 3.05) is 19.8 Å². The lowest BCUT2D eigenvalue weighted by Crippen LogP contribution is -2.23. The number of carbonyl (C=O) groups excluding carboxylic acids is 1. The second-order valence-corrected chi connectivity index (χ2v) is 5.33. The zero-order valence-electron chi connectivity index (χ0n) is 11.8. The first-order chi connectivity index (χ1) is 9.09. The second kappa shape index (κ2) is 6.14. The van der Waals surface area contributed by atoms with Crippen LogP contribution in [-0.4, -0.2) is 40.8 Å². The van der Waals surface area contributed by atoms with Crippen LogP contribution in [0.3, 0.4) is 0 Å². The predicted molar refractivity (Wildman–Crippen MR) is 69.0 cm³/mol. The number of aromatic nitrogens is 3. The van der Waals surface area contributed by atoms with Gasteiger partial charge in [0.1, 0.15) is 0 Å². The van der Waals surface area contributed by atoms with Crippen LogP contribution in [0.4, 0.5) is 0 Å². The van der Waals surface area contributed by atoms with E-state index in [-0.39, 0.29) is 6.04 Å². The fourth-order valence-electron chi connectivity index (χ4n) is 2.10. The molecule has 1 unspecified atom stereocenters. The number of nitrogens with zero attached hydrogens (tertiary/aromatic N) is 3. The molecule has 0 amide bonds. The lowest BCUT2D eigenvalue weighted by atomic mass is 10.1. The Morgan fingerprint density at radius 3 is 3.00 bits per heavy atom. The Hall–Kier alpha value is -1.43. The Morgan fingerprint density at radius 1 is 1.58 bits per heavy atom. The third-order valence-electron chi connectivity index (χ3n) is 3.15. The fraction of sp³-hybridized carbons (Fsp3) is 0.769. The number of carbonyl (C=O) groups is 1. The Kier molecular flexibility index (Phi) is 4.52. The van der Waals surface area contributed by atoms with Gasteiger partial charge in [-0.2, -0.15) is 0 Å². The number of hydrogen-bond acceptors (Lipinski definition) is 5. The van der Waals surface area contributed by atoms with Crippen LogP contribution in [0, 0.1) is 12.8 Å². The molecule has 1 fully saturated rings. The van der Waals surface area contributed by atoms with Crippen LogP contribution >= 0.6 is 0 Å². The van der Waals surface area contributed by atoms with Crippen LogP contribution in [-0.2, 0) is 9.47 Å². The van der Waals surface area contributed by atoms with Crippen molar-refractivity contribution >= 4 is 5.97 Å². The summed E-state index contributed by atoms with van der Waals surface area (Å²) in [5.41, 5.74) is 1.07. The lowest BCUT2D eigenvalue weighted by molar-refractivity contribution is 0.0449. The molecule has 0 saturated carbocycles. The van der Waals surface area contributed by atoms with Gasteiger partial charge in [0, 0.05) is 6.61 Å². The summed E-state index contributed by atoms with van der Waals surface area (Å²) < 4.78 is 12.4. The summed E-state index contributed by atoms with van der Waals surface area (Å²) in [4.78, 5) is 11.9. The molecule has 6 nitrogen and oxygen atoms in total. The summed E-state index contributed by atoms with van der Waals surface area (Å²) in [6.07, 6.45) is 2.02. The normalized spacial score (nSPS) is 19.7. The van der Waals surface area contributed by atoms with Crippen molar-refractivity contribution in [3.8, 4) is 0 Å². The van der Waals surface area contributed by atoms with E-state index in [1.807, 2.05) is 20.8 Å². The molecule has 1 aromatic rings. The molecule has 1 atom stereocenters. The maximum absolute atomic E-state index is 11.9. The summed E-state index contributed by atoms with van der Waals surface area (Å²) in [6, 6.07) is 0.174. The summed E-state index contributed by atoms with van der Waals surface area (Å²) in [5, 5.41) is 8.03. The zero-order valence-corrected chi connectivity index (χ0v) is 11.8. The van der Waals surface area contributed by atoms with Gasteiger partial charge in [0.05, 0.1) is 24.9 Å². The van der Waals surface area contributed by atoms with Crippen LogP contribution in [0.5, 0.6) is 0 Å². The molecular weight excluding hydrogens is 246 g/mol. The van der Waals surface area contributed by atoms with Crippen LogP contribution in [0.2, 0.25) is 0 Å². The molecule has 106 valence electrons. The summed E-state index contributed by atoms with van der Waals surface area (Å²) in [5.74, 6) is -0.0831. The van der Waals surface area contributed by atoms with E-state index in [1.165, 1.54) is 0 Å². The highest BCUT2D eigenvalue weighted by Gasteiger charge is 2.24. The third-order valence-corrected chi connectivity index (χ3v) is 3.15. The third kappa shape index (κ3) is 3.32. The fourth-order valence-corrected chi connectivity index (χ4v) is 2.10. The average Bonchev–Trinajstić information content (AvgIpc) is 2.79. The van der Waals surface area contributed by atoms with E-state index in [9.17, 15) is 4.79 Å². The smallest absolute Gasteiger partial charge is 0.360 e. The van der Waals surface area contributed by atoms with E-state index in [0.29, 0.717) is 24.8 Å². The average molecular weight is 267 g/mol. The molecule has 0 N–H and O–H groups in total. The van der Waals surface area contributed by atoms with Gasteiger partial charge in [-0.05, 0) is 25.7 Å². The van der Waals surface area contributed by atoms with Gasteiger partial charge in [-0.3, -0.25) is 0 Å². The maximum Gasteiger partial charge on any atom is 0.360 e. The standard InChI is InChI=1S/C13H21N3O3/c1-9(2)7-19-13(17)12-10(3)16(15-14-12)11-5-4-6-18-8-11/h9,11H,4-8H2,1-3H3. The van der Waals surface area contributed by atoms with E-state index >= 15 is 0 Å². The minimum atomic E-state index is -0.394. The highest BCUT2D eigenvalue weighted by Crippen LogP contribution is 2.21. The SMILES string of the molecule is Cc1c(C(=O)OCC(C)C)nnn1C1CCCOC1. The first kappa shape index (κ1) is 14.0. The van der Waals surface area contributed by atoms with Gasteiger partial charge in [-0.25, -0.2) is 9.48 Å². The minimum Gasteiger partial charge on any atom is -0.461 e. The van der Waals surface area contributed by atoms with Crippen LogP contribution in [0.25, 0.3) is 0 Å². The van der Waals surface area contributed by atoms with Crippen LogP contribution in [0.1, 0.15) is 48.9 Å². The van der Waals surface area contributed by atoms with Crippen molar-refractivity contribution in [2.45, 2.75) is 39.7 Å². The van der Waals surface area contributed by atoms with Crippen LogP contribution < -0.4 is 0 Å². The monoisotopic (exact) mass is 267 g/mol. The van der Waals surface area contributed by atoms with Crippen molar-refractivity contribution < 1.29 is 14.3 Å². The molecule has 1 aliphatic rings. The molecule has 1 aliphatic heterocycles. The molecule has 0 aliphatic carbocycles. The molecule has 0 aromatic carbocycles. The highest BCUT2D eigenvalue weighted by atomic mass is 16.5. The molecule has 1 aromatic heterocycles. The topological polar surface area (TPSA) is 66.2 Å². The first-order valence-corrected chi connectivity index (χ1v) is 6.76. The van der Waals surface area contributed by atoms with Gasteiger partial charge < -0.3 is 9.47 Å². The van der Waals surface area contributed by atoms with E-state index in [2.05, 4.69) is 10.3 Å². The highest BCUT2D eigenvalue weighted by molar-refractivity contribution is 5.88. The van der Waals surface area contributed by atoms with E-state index in [1.54, 1.807) is 4.68 Å². The molecular formula is C13H21N3O3. The Balaban J connectivity index is 2.06. The molecule has 6 heteroatoms. The van der Waals surface area contributed by atoms with Gasteiger partial charge in [0.2, 0.25) is 0 Å². The van der Waals surface area contributed by atoms with E-state index in [0.717, 1.165) is 25.1 Å². The van der Waals surface area contributed by atoms with E-state index < -0.39 is 5.97 Å². The largest absolute Gasteiger partial charge is 0.461 e. The van der Waals surface area contributed by atoms with Crippen LogP contribution in [0.15, 0.2) is 0 Å². The molecule has 1 saturated heterocycles. The van der Waals surface area contributed by atoms with Crippen molar-refractivity contribution in [1.82, 2.24) is 15.0 Å². The van der Waals surface area contributed by atoms with E-state index in [4.69, 9.17) is 9.47 Å². The van der Waals surface area contributed by atoms with Crippen molar-refractivity contribution in [2.24, 2.45) is 5.92 Å². The van der Waals surface area contributed by atoms with Gasteiger partial charge in [-0.15, -0.1) is 5.10 Å². The molecule has 0 radical (unpaired) electrons. The first-order valence-electron chi connectivity index (χ1n) is 6.76. The second-order valence-electron chi connectivity index (χ2n) is 5.33.